The zero-order valence-corrected chi connectivity index (χ0v) is 15.2. The van der Waals surface area contributed by atoms with Crippen molar-refractivity contribution in [3.63, 3.8) is 0 Å². The number of aryl methyl sites for hydroxylation is 1. The third kappa shape index (κ3) is 5.04. The molecule has 6 heteroatoms. The fraction of sp³-hybridized carbons (Fsp3) is 0.588. The number of rotatable bonds is 6. The summed E-state index contributed by atoms with van der Waals surface area (Å²) in [4.78, 5) is 2.20. The van der Waals surface area contributed by atoms with Crippen LogP contribution >= 0.6 is 0 Å². The fourth-order valence-corrected chi connectivity index (χ4v) is 3.93. The maximum Gasteiger partial charge on any atom is 0.296 e. The molecule has 2 unspecified atom stereocenters. The monoisotopic (exact) mass is 337 g/mol. The first-order valence-corrected chi connectivity index (χ1v) is 9.11. The van der Waals surface area contributed by atoms with Crippen molar-refractivity contribution in [3.05, 3.63) is 35.4 Å². The number of ether oxygens (including phenoxy) is 1. The Balaban J connectivity index is 1.99. The molecular formula is C17H27N3O2S. The highest BCUT2D eigenvalue weighted by atomic mass is 32.2. The Morgan fingerprint density at radius 2 is 1.87 bits per heavy atom. The van der Waals surface area contributed by atoms with E-state index in [9.17, 15) is 4.21 Å². The molecule has 2 rings (SSSR count). The van der Waals surface area contributed by atoms with Gasteiger partial charge in [-0.3, -0.25) is 0 Å². The van der Waals surface area contributed by atoms with Crippen molar-refractivity contribution in [2.45, 2.75) is 44.0 Å². The van der Waals surface area contributed by atoms with E-state index in [0.717, 1.165) is 24.9 Å². The van der Waals surface area contributed by atoms with E-state index in [1.54, 1.807) is 0 Å². The highest BCUT2D eigenvalue weighted by Gasteiger charge is 2.40. The van der Waals surface area contributed by atoms with E-state index in [2.05, 4.69) is 47.7 Å². The number of amidine groups is 1. The summed E-state index contributed by atoms with van der Waals surface area (Å²) in [6, 6.07) is 8.55. The van der Waals surface area contributed by atoms with E-state index < -0.39 is 16.6 Å². The van der Waals surface area contributed by atoms with E-state index >= 15 is 0 Å². The van der Waals surface area contributed by atoms with E-state index in [1.165, 1.54) is 5.56 Å². The molecule has 0 radical (unpaired) electrons. The van der Waals surface area contributed by atoms with Gasteiger partial charge < -0.3 is 15.4 Å². The summed E-state index contributed by atoms with van der Waals surface area (Å²) in [6.45, 7) is 4.91. The van der Waals surface area contributed by atoms with Gasteiger partial charge in [0, 0.05) is 0 Å². The lowest BCUT2D eigenvalue weighted by Crippen LogP contribution is -2.49. The topological polar surface area (TPSA) is 67.9 Å². The molecule has 0 saturated heterocycles. The van der Waals surface area contributed by atoms with Crippen molar-refractivity contribution < 1.29 is 8.95 Å². The van der Waals surface area contributed by atoms with Crippen molar-refractivity contribution in [2.75, 3.05) is 20.6 Å². The first kappa shape index (κ1) is 17.9. The van der Waals surface area contributed by atoms with Gasteiger partial charge in [-0.15, -0.1) is 4.40 Å². The highest BCUT2D eigenvalue weighted by molar-refractivity contribution is 7.84. The van der Waals surface area contributed by atoms with Crippen LogP contribution in [0.5, 0.6) is 0 Å². The van der Waals surface area contributed by atoms with E-state index in [4.69, 9.17) is 10.5 Å². The third-order valence-corrected chi connectivity index (χ3v) is 5.66. The molecule has 5 nitrogen and oxygen atoms in total. The van der Waals surface area contributed by atoms with Gasteiger partial charge in [-0.2, -0.15) is 0 Å². The smallest absolute Gasteiger partial charge is 0.296 e. The van der Waals surface area contributed by atoms with E-state index in [0.29, 0.717) is 6.42 Å². The molecule has 1 aromatic carbocycles. The van der Waals surface area contributed by atoms with Crippen LogP contribution in [0.2, 0.25) is 0 Å². The second-order valence-corrected chi connectivity index (χ2v) is 8.13. The van der Waals surface area contributed by atoms with E-state index in [-0.39, 0.29) is 11.3 Å². The molecule has 0 amide bonds. The van der Waals surface area contributed by atoms with Crippen molar-refractivity contribution in [1.29, 1.82) is 0 Å². The van der Waals surface area contributed by atoms with Crippen LogP contribution in [-0.4, -0.2) is 46.6 Å². The second kappa shape index (κ2) is 7.45. The van der Waals surface area contributed by atoms with Crippen LogP contribution in [-0.2, 0) is 28.6 Å². The molecule has 1 aliphatic rings. The number of benzene rings is 1. The molecule has 0 aliphatic carbocycles. The molecule has 0 fully saturated rings. The lowest BCUT2D eigenvalue weighted by molar-refractivity contribution is 0.0848. The molecule has 2 N–H and O–H groups in total. The summed E-state index contributed by atoms with van der Waals surface area (Å²) >= 11 is 0. The molecule has 23 heavy (non-hydrogen) atoms. The quantitative estimate of drug-likeness (QED) is 0.860. The zero-order chi connectivity index (χ0) is 17.0. The predicted molar refractivity (Wildman–Crippen MR) is 95.7 cm³/mol. The fourth-order valence-electron chi connectivity index (χ4n) is 2.72. The maximum atomic E-state index is 12.3. The second-order valence-electron chi connectivity index (χ2n) is 6.83. The predicted octanol–water partition coefficient (Wildman–Crippen LogP) is 1.88. The largest absolute Gasteiger partial charge is 0.457 e. The van der Waals surface area contributed by atoms with Crippen LogP contribution in [0.4, 0.5) is 0 Å². The first-order valence-electron chi connectivity index (χ1n) is 7.94. The van der Waals surface area contributed by atoms with Gasteiger partial charge in [-0.25, -0.2) is 4.21 Å². The average Bonchev–Trinajstić information content (AvgIpc) is 2.43. The van der Waals surface area contributed by atoms with Gasteiger partial charge in [0.05, 0.1) is 5.25 Å². The summed E-state index contributed by atoms with van der Waals surface area (Å²) in [5.74, 6) is 0. The Morgan fingerprint density at radius 3 is 2.43 bits per heavy atom. The molecule has 1 aliphatic heterocycles. The van der Waals surface area contributed by atoms with Gasteiger partial charge >= 0.3 is 0 Å². The molecule has 128 valence electrons. The normalized spacial score (nSPS) is 23.4. The minimum Gasteiger partial charge on any atom is -0.457 e. The van der Waals surface area contributed by atoms with Crippen LogP contribution in [0.15, 0.2) is 28.7 Å². The highest BCUT2D eigenvalue weighted by Crippen LogP contribution is 2.27. The summed E-state index contributed by atoms with van der Waals surface area (Å²) in [5, 5.41) is -0.200. The molecule has 0 aromatic heterocycles. The van der Waals surface area contributed by atoms with E-state index in [1.807, 2.05) is 13.8 Å². The number of nitrogens with two attached hydrogens (primary N) is 1. The van der Waals surface area contributed by atoms with Gasteiger partial charge in [0.25, 0.3) is 6.02 Å². The van der Waals surface area contributed by atoms with Crippen LogP contribution in [0.3, 0.4) is 0 Å². The lowest BCUT2D eigenvalue weighted by Gasteiger charge is -2.35. The molecule has 0 saturated carbocycles. The van der Waals surface area contributed by atoms with Crippen LogP contribution in [0, 0.1) is 0 Å². The summed E-state index contributed by atoms with van der Waals surface area (Å²) < 4.78 is 21.7. The van der Waals surface area contributed by atoms with Crippen LogP contribution in [0.1, 0.15) is 31.4 Å². The van der Waals surface area contributed by atoms with Crippen molar-refractivity contribution >= 4 is 17.0 Å². The average molecular weight is 337 g/mol. The van der Waals surface area contributed by atoms with Gasteiger partial charge in [-0.05, 0) is 64.9 Å². The SMILES string of the molecule is CN(C)CCCc1ccc(CC2S(=O)N=C(N)OC2(C)C)cc1. The Morgan fingerprint density at radius 1 is 1.26 bits per heavy atom. The molecular weight excluding hydrogens is 310 g/mol. The van der Waals surface area contributed by atoms with Crippen molar-refractivity contribution in [2.24, 2.45) is 10.1 Å². The number of nitrogens with zero attached hydrogens (tertiary/aromatic N) is 2. The molecule has 1 heterocycles. The lowest BCUT2D eigenvalue weighted by atomic mass is 9.96. The molecule has 0 spiro atoms. The number of hydrogen-bond acceptors (Lipinski definition) is 4. The maximum absolute atomic E-state index is 12.3. The standard InChI is InChI=1S/C17H27N3O2S/c1-17(2)15(23(21)19-16(18)22-17)12-14-9-7-13(8-10-14)6-5-11-20(3)4/h7-10,15H,5-6,11-12H2,1-4H3,(H2,18,19). The van der Waals surface area contributed by atoms with Gasteiger partial charge in [0.15, 0.2) is 11.0 Å². The molecule has 2 atom stereocenters. The van der Waals surface area contributed by atoms with Crippen molar-refractivity contribution in [1.82, 2.24) is 4.90 Å². The molecule has 1 aromatic rings. The number of hydrogen-bond donors (Lipinski definition) is 1. The van der Waals surface area contributed by atoms with Gasteiger partial charge in [-0.1, -0.05) is 24.3 Å². The Bertz CT molecular complexity index is 582. The van der Waals surface area contributed by atoms with Crippen LogP contribution in [0.25, 0.3) is 0 Å². The van der Waals surface area contributed by atoms with Gasteiger partial charge in [0.2, 0.25) is 0 Å². The first-order chi connectivity index (χ1) is 10.8. The minimum atomic E-state index is -1.36. The zero-order valence-electron chi connectivity index (χ0n) is 14.4. The summed E-state index contributed by atoms with van der Waals surface area (Å²) in [7, 11) is 2.82. The minimum absolute atomic E-state index is 0.0147. The summed E-state index contributed by atoms with van der Waals surface area (Å²) in [5.41, 5.74) is 7.47. The Kier molecular flexibility index (Phi) is 5.81. The Hall–Kier alpha value is -1.40. The summed E-state index contributed by atoms with van der Waals surface area (Å²) in [6.07, 6.45) is 2.88. The van der Waals surface area contributed by atoms with Crippen molar-refractivity contribution in [3.8, 4) is 0 Å². The third-order valence-electron chi connectivity index (χ3n) is 4.08. The Labute approximate surface area is 141 Å². The van der Waals surface area contributed by atoms with Gasteiger partial charge in [0.1, 0.15) is 5.60 Å². The molecule has 0 bridgehead atoms. The van der Waals surface area contributed by atoms with Crippen LogP contribution < -0.4 is 5.73 Å².